The summed E-state index contributed by atoms with van der Waals surface area (Å²) in [5.41, 5.74) is 0.605. The maximum absolute atomic E-state index is 12.2. The van der Waals surface area contributed by atoms with Gasteiger partial charge >= 0.3 is 0 Å². The van der Waals surface area contributed by atoms with E-state index in [2.05, 4.69) is 20.4 Å². The predicted molar refractivity (Wildman–Crippen MR) is 91.7 cm³/mol. The van der Waals surface area contributed by atoms with Gasteiger partial charge in [0.15, 0.2) is 0 Å². The second-order valence-corrected chi connectivity index (χ2v) is 6.26. The summed E-state index contributed by atoms with van der Waals surface area (Å²) in [6.07, 6.45) is 3.72. The van der Waals surface area contributed by atoms with E-state index < -0.39 is 5.91 Å². The van der Waals surface area contributed by atoms with Crippen molar-refractivity contribution >= 4 is 33.6 Å². The fourth-order valence-corrected chi connectivity index (χ4v) is 3.14. The van der Waals surface area contributed by atoms with Crippen molar-refractivity contribution in [3.8, 4) is 11.8 Å². The molecule has 1 aromatic carbocycles. The highest BCUT2D eigenvalue weighted by molar-refractivity contribution is 7.19. The van der Waals surface area contributed by atoms with Crippen LogP contribution in [0.2, 0.25) is 0 Å². The molecule has 3 rings (SSSR count). The van der Waals surface area contributed by atoms with E-state index in [1.165, 1.54) is 29.5 Å². The number of anilines is 2. The zero-order valence-electron chi connectivity index (χ0n) is 12.8. The SMILES string of the molecule is N#C/C(=C/c1ccc(O)cc1)C(=O)Nc1nnc(N2CCCC2)s1. The van der Waals surface area contributed by atoms with Crippen LogP contribution in [-0.2, 0) is 4.79 Å². The van der Waals surface area contributed by atoms with Gasteiger partial charge in [-0.15, -0.1) is 10.2 Å². The fourth-order valence-electron chi connectivity index (χ4n) is 2.35. The summed E-state index contributed by atoms with van der Waals surface area (Å²) in [4.78, 5) is 14.3. The van der Waals surface area contributed by atoms with Crippen molar-refractivity contribution in [2.75, 3.05) is 23.3 Å². The largest absolute Gasteiger partial charge is 0.508 e. The van der Waals surface area contributed by atoms with Crippen molar-refractivity contribution in [3.05, 3.63) is 35.4 Å². The highest BCUT2D eigenvalue weighted by Gasteiger charge is 2.18. The summed E-state index contributed by atoms with van der Waals surface area (Å²) in [7, 11) is 0. The van der Waals surface area contributed by atoms with E-state index >= 15 is 0 Å². The molecule has 0 bridgehead atoms. The Hall–Kier alpha value is -2.92. The quantitative estimate of drug-likeness (QED) is 0.654. The number of carbonyl (C=O) groups excluding carboxylic acids is 1. The summed E-state index contributed by atoms with van der Waals surface area (Å²) in [5, 5.41) is 30.3. The summed E-state index contributed by atoms with van der Waals surface area (Å²) in [5.74, 6) is -0.409. The molecule has 1 saturated heterocycles. The minimum atomic E-state index is -0.533. The monoisotopic (exact) mass is 341 g/mol. The number of hydrogen-bond acceptors (Lipinski definition) is 7. The van der Waals surface area contributed by atoms with Crippen molar-refractivity contribution in [1.82, 2.24) is 10.2 Å². The van der Waals surface area contributed by atoms with E-state index in [0.29, 0.717) is 10.7 Å². The molecule has 2 N–H and O–H groups in total. The topological polar surface area (TPSA) is 102 Å². The minimum Gasteiger partial charge on any atom is -0.508 e. The first kappa shape index (κ1) is 16.0. The maximum atomic E-state index is 12.2. The lowest BCUT2D eigenvalue weighted by molar-refractivity contribution is -0.112. The van der Waals surface area contributed by atoms with Crippen LogP contribution in [0.4, 0.5) is 10.3 Å². The molecule has 0 saturated carbocycles. The maximum Gasteiger partial charge on any atom is 0.268 e. The van der Waals surface area contributed by atoms with Crippen LogP contribution in [-0.4, -0.2) is 34.3 Å². The molecule has 2 aromatic rings. The van der Waals surface area contributed by atoms with Crippen molar-refractivity contribution in [2.24, 2.45) is 0 Å². The average Bonchev–Trinajstić information content (AvgIpc) is 3.25. The lowest BCUT2D eigenvalue weighted by Crippen LogP contribution is -2.17. The molecule has 2 heterocycles. The molecule has 1 amide bonds. The first-order valence-electron chi connectivity index (χ1n) is 7.46. The van der Waals surface area contributed by atoms with E-state index in [4.69, 9.17) is 0 Å². The number of phenolic OH excluding ortho intramolecular Hbond substituents is 1. The number of amides is 1. The van der Waals surface area contributed by atoms with Gasteiger partial charge < -0.3 is 10.0 Å². The Kier molecular flexibility index (Phi) is 4.72. The van der Waals surface area contributed by atoms with Crippen molar-refractivity contribution in [3.63, 3.8) is 0 Å². The lowest BCUT2D eigenvalue weighted by atomic mass is 10.1. The molecular formula is C16H15N5O2S. The van der Waals surface area contributed by atoms with Crippen molar-refractivity contribution < 1.29 is 9.90 Å². The normalized spacial score (nSPS) is 14.5. The molecule has 1 aromatic heterocycles. The van der Waals surface area contributed by atoms with Crippen LogP contribution >= 0.6 is 11.3 Å². The standard InChI is InChI=1S/C16H15N5O2S/c17-10-12(9-11-3-5-13(22)6-4-11)14(23)18-15-19-20-16(24-15)21-7-1-2-8-21/h3-6,9,22H,1-2,7-8H2,(H,18,19,23)/b12-9-. The number of nitrogens with zero attached hydrogens (tertiary/aromatic N) is 4. The van der Waals surface area contributed by atoms with Gasteiger partial charge in [-0.25, -0.2) is 0 Å². The Morgan fingerprint density at radius 1 is 1.29 bits per heavy atom. The molecule has 1 fully saturated rings. The van der Waals surface area contributed by atoms with Gasteiger partial charge in [0, 0.05) is 13.1 Å². The van der Waals surface area contributed by atoms with Crippen LogP contribution in [0.25, 0.3) is 6.08 Å². The Labute approximate surface area is 142 Å². The number of phenols is 1. The molecule has 1 aliphatic rings. The highest BCUT2D eigenvalue weighted by Crippen LogP contribution is 2.27. The van der Waals surface area contributed by atoms with Crippen molar-refractivity contribution in [1.29, 1.82) is 5.26 Å². The Morgan fingerprint density at radius 2 is 2.00 bits per heavy atom. The van der Waals surface area contributed by atoms with Crippen LogP contribution in [0.3, 0.4) is 0 Å². The van der Waals surface area contributed by atoms with Crippen LogP contribution in [0, 0.1) is 11.3 Å². The van der Waals surface area contributed by atoms with E-state index in [1.807, 2.05) is 6.07 Å². The van der Waals surface area contributed by atoms with E-state index in [9.17, 15) is 15.2 Å². The third kappa shape index (κ3) is 3.70. The predicted octanol–water partition coefficient (Wildman–Crippen LogP) is 2.39. The molecule has 0 radical (unpaired) electrons. The van der Waals surface area contributed by atoms with Gasteiger partial charge in [-0.2, -0.15) is 5.26 Å². The Morgan fingerprint density at radius 3 is 2.67 bits per heavy atom. The first-order valence-corrected chi connectivity index (χ1v) is 8.28. The zero-order valence-corrected chi connectivity index (χ0v) is 13.6. The lowest BCUT2D eigenvalue weighted by Gasteiger charge is -2.10. The van der Waals surface area contributed by atoms with E-state index in [1.54, 1.807) is 12.1 Å². The van der Waals surface area contributed by atoms with Crippen LogP contribution in [0.5, 0.6) is 5.75 Å². The number of aromatic hydroxyl groups is 1. The number of nitrogens with one attached hydrogen (secondary N) is 1. The Bertz CT molecular complexity index is 801. The number of aromatic nitrogens is 2. The number of rotatable bonds is 4. The summed E-state index contributed by atoms with van der Waals surface area (Å²) < 4.78 is 0. The minimum absolute atomic E-state index is 0.0430. The number of hydrogen-bond donors (Lipinski definition) is 2. The molecule has 24 heavy (non-hydrogen) atoms. The molecule has 122 valence electrons. The van der Waals surface area contributed by atoms with Gasteiger partial charge in [-0.05, 0) is 36.6 Å². The van der Waals surface area contributed by atoms with Gasteiger partial charge in [0.1, 0.15) is 17.4 Å². The molecule has 0 unspecified atom stereocenters. The third-order valence-corrected chi connectivity index (χ3v) is 4.48. The van der Waals surface area contributed by atoms with Gasteiger partial charge in [0.25, 0.3) is 5.91 Å². The molecule has 0 aliphatic carbocycles. The van der Waals surface area contributed by atoms with Gasteiger partial charge in [-0.1, -0.05) is 23.5 Å². The fraction of sp³-hybridized carbons (Fsp3) is 0.250. The molecular weight excluding hydrogens is 326 g/mol. The average molecular weight is 341 g/mol. The Balaban J connectivity index is 1.70. The molecule has 8 heteroatoms. The highest BCUT2D eigenvalue weighted by atomic mass is 32.1. The second-order valence-electron chi connectivity index (χ2n) is 5.30. The van der Waals surface area contributed by atoms with E-state index in [-0.39, 0.29) is 11.3 Å². The molecule has 1 aliphatic heterocycles. The van der Waals surface area contributed by atoms with E-state index in [0.717, 1.165) is 31.1 Å². The number of nitriles is 1. The van der Waals surface area contributed by atoms with Crippen LogP contribution < -0.4 is 10.2 Å². The molecule has 7 nitrogen and oxygen atoms in total. The van der Waals surface area contributed by atoms with Crippen LogP contribution in [0.15, 0.2) is 29.8 Å². The molecule has 0 spiro atoms. The van der Waals surface area contributed by atoms with Crippen LogP contribution in [0.1, 0.15) is 18.4 Å². The summed E-state index contributed by atoms with van der Waals surface area (Å²) in [6, 6.07) is 8.11. The van der Waals surface area contributed by atoms with Crippen molar-refractivity contribution in [2.45, 2.75) is 12.8 Å². The number of benzene rings is 1. The summed E-state index contributed by atoms with van der Waals surface area (Å²) in [6.45, 7) is 1.90. The molecule has 0 atom stereocenters. The van der Waals surface area contributed by atoms with Gasteiger partial charge in [0.2, 0.25) is 10.3 Å². The smallest absolute Gasteiger partial charge is 0.268 e. The van der Waals surface area contributed by atoms with Gasteiger partial charge in [-0.3, -0.25) is 10.1 Å². The third-order valence-electron chi connectivity index (χ3n) is 3.58. The first-order chi connectivity index (χ1) is 11.7. The van der Waals surface area contributed by atoms with Gasteiger partial charge in [0.05, 0.1) is 0 Å². The second kappa shape index (κ2) is 7.10. The summed E-state index contributed by atoms with van der Waals surface area (Å²) >= 11 is 1.30. The number of carbonyl (C=O) groups is 1. The zero-order chi connectivity index (χ0) is 16.9.